The van der Waals surface area contributed by atoms with E-state index < -0.39 is 56.5 Å². The Bertz CT molecular complexity index is 1460. The van der Waals surface area contributed by atoms with Gasteiger partial charge in [-0.25, -0.2) is 21.6 Å². The van der Waals surface area contributed by atoms with Gasteiger partial charge in [0.05, 0.1) is 34.5 Å². The fraction of sp³-hybridized carbons (Fsp3) is 0.375. The molecule has 1 aliphatic carbocycles. The highest BCUT2D eigenvalue weighted by atomic mass is 35.5. The van der Waals surface area contributed by atoms with Crippen LogP contribution in [-0.2, 0) is 21.2 Å². The van der Waals surface area contributed by atoms with Crippen molar-refractivity contribution in [3.05, 3.63) is 58.7 Å². The maximum absolute atomic E-state index is 15.2. The van der Waals surface area contributed by atoms with E-state index in [1.165, 1.54) is 0 Å². The predicted molar refractivity (Wildman–Crippen MR) is 129 cm³/mol. The lowest BCUT2D eigenvalue weighted by Gasteiger charge is -2.26. The highest BCUT2D eigenvalue weighted by Gasteiger charge is 2.40. The molecule has 8 nitrogen and oxygen atoms in total. The second-order valence-electron chi connectivity index (χ2n) is 9.33. The fourth-order valence-electron chi connectivity index (χ4n) is 4.71. The van der Waals surface area contributed by atoms with Crippen LogP contribution in [0.3, 0.4) is 0 Å². The van der Waals surface area contributed by atoms with Crippen molar-refractivity contribution in [2.24, 2.45) is 5.73 Å². The van der Waals surface area contributed by atoms with Crippen LogP contribution in [0.5, 0.6) is 0 Å². The molecule has 3 aromatic rings. The summed E-state index contributed by atoms with van der Waals surface area (Å²) < 4.78 is 74.6. The molecule has 1 saturated carbocycles. The summed E-state index contributed by atoms with van der Waals surface area (Å²) in [6.45, 7) is -0.0659. The molecule has 37 heavy (non-hydrogen) atoms. The number of alkyl halides is 2. The molecule has 0 spiro atoms. The summed E-state index contributed by atoms with van der Waals surface area (Å²) in [7, 11) is -4.14. The first-order valence-electron chi connectivity index (χ1n) is 11.5. The molecule has 5 rings (SSSR count). The SMILES string of the molecule is N[C@H]1CS(=O)(=O)c2cc(F)c(-c3nnc(C4CCCC(F)(F)C4)o3)cc2N(Cc2ccc(Cl)cc2)C1=O. The summed E-state index contributed by atoms with van der Waals surface area (Å²) in [5, 5.41) is 8.16. The Morgan fingerprint density at radius 2 is 1.92 bits per heavy atom. The molecule has 1 aromatic heterocycles. The van der Waals surface area contributed by atoms with Gasteiger partial charge in [-0.2, -0.15) is 0 Å². The van der Waals surface area contributed by atoms with Crippen molar-refractivity contribution in [2.75, 3.05) is 10.7 Å². The Balaban J connectivity index is 1.58. The number of halogens is 4. The van der Waals surface area contributed by atoms with E-state index in [1.807, 2.05) is 0 Å². The third kappa shape index (κ3) is 5.10. The number of hydrogen-bond acceptors (Lipinski definition) is 7. The van der Waals surface area contributed by atoms with E-state index in [0.29, 0.717) is 17.0 Å². The van der Waals surface area contributed by atoms with Crippen LogP contribution in [0.4, 0.5) is 18.9 Å². The Morgan fingerprint density at radius 3 is 2.62 bits per heavy atom. The van der Waals surface area contributed by atoms with Crippen LogP contribution in [0.2, 0.25) is 5.02 Å². The van der Waals surface area contributed by atoms with E-state index >= 15 is 4.39 Å². The summed E-state index contributed by atoms with van der Waals surface area (Å²) in [6.07, 6.45) is 0.0186. The highest BCUT2D eigenvalue weighted by Crippen LogP contribution is 2.42. The Hall–Kier alpha value is -2.96. The number of amides is 1. The number of rotatable bonds is 4. The molecule has 196 valence electrons. The first-order valence-corrected chi connectivity index (χ1v) is 13.6. The molecule has 0 saturated heterocycles. The van der Waals surface area contributed by atoms with Crippen LogP contribution in [0, 0.1) is 5.82 Å². The van der Waals surface area contributed by atoms with E-state index in [9.17, 15) is 22.0 Å². The van der Waals surface area contributed by atoms with Gasteiger partial charge in [0.15, 0.2) is 9.84 Å². The molecular weight excluding hydrogens is 533 g/mol. The molecule has 2 N–H and O–H groups in total. The van der Waals surface area contributed by atoms with Crippen molar-refractivity contribution in [3.8, 4) is 11.5 Å². The highest BCUT2D eigenvalue weighted by molar-refractivity contribution is 7.91. The molecule has 2 heterocycles. The van der Waals surface area contributed by atoms with Gasteiger partial charge in [0.2, 0.25) is 17.7 Å². The van der Waals surface area contributed by atoms with Crippen molar-refractivity contribution < 1.29 is 30.8 Å². The van der Waals surface area contributed by atoms with E-state index in [4.69, 9.17) is 21.8 Å². The lowest BCUT2D eigenvalue weighted by atomic mass is 9.86. The van der Waals surface area contributed by atoms with Gasteiger partial charge < -0.3 is 15.1 Å². The standard InChI is InChI=1S/C24H22ClF3N4O4S/c25-15-5-3-13(4-6-15)11-32-19-8-16(17(26)9-20(19)37(34,35)12-18(29)23(32)33)22-31-30-21(36-22)14-2-1-7-24(27,28)10-14/h3-6,8-9,14,18H,1-2,7,10-12,29H2/t14?,18-/m0/s1. The number of nitrogens with zero attached hydrogens (tertiary/aromatic N) is 3. The molecule has 2 aliphatic rings. The van der Waals surface area contributed by atoms with Crippen molar-refractivity contribution in [1.82, 2.24) is 10.2 Å². The van der Waals surface area contributed by atoms with E-state index in [2.05, 4.69) is 10.2 Å². The zero-order valence-electron chi connectivity index (χ0n) is 19.3. The van der Waals surface area contributed by atoms with Crippen LogP contribution >= 0.6 is 11.6 Å². The molecular formula is C24H22ClF3N4O4S. The summed E-state index contributed by atoms with van der Waals surface area (Å²) in [6, 6.07) is 7.10. The largest absolute Gasteiger partial charge is 0.420 e. The molecule has 1 unspecified atom stereocenters. The number of sulfone groups is 1. The minimum absolute atomic E-state index is 0.0486. The second kappa shape index (κ2) is 9.41. The summed E-state index contributed by atoms with van der Waals surface area (Å²) in [5.41, 5.74) is 6.17. The number of aromatic nitrogens is 2. The quantitative estimate of drug-likeness (QED) is 0.505. The number of carbonyl (C=O) groups excluding carboxylic acids is 1. The number of fused-ring (bicyclic) bond motifs is 1. The first kappa shape index (κ1) is 25.7. The van der Waals surface area contributed by atoms with Crippen molar-refractivity contribution in [1.29, 1.82) is 0 Å². The zero-order chi connectivity index (χ0) is 26.5. The molecule has 13 heteroatoms. The zero-order valence-corrected chi connectivity index (χ0v) is 20.9. The predicted octanol–water partition coefficient (Wildman–Crippen LogP) is 4.47. The van der Waals surface area contributed by atoms with Crippen molar-refractivity contribution >= 4 is 33.0 Å². The number of benzene rings is 2. The van der Waals surface area contributed by atoms with Crippen molar-refractivity contribution in [2.45, 2.75) is 55.0 Å². The molecule has 1 amide bonds. The Kier molecular flexibility index (Phi) is 6.53. The minimum Gasteiger partial charge on any atom is -0.420 e. The monoisotopic (exact) mass is 554 g/mol. The number of carbonyl (C=O) groups is 1. The van der Waals surface area contributed by atoms with Crippen LogP contribution in [0.1, 0.15) is 43.1 Å². The topological polar surface area (TPSA) is 119 Å². The summed E-state index contributed by atoms with van der Waals surface area (Å²) in [4.78, 5) is 13.9. The number of nitrogens with two attached hydrogens (primary N) is 1. The van der Waals surface area contributed by atoms with E-state index in [-0.39, 0.29) is 42.4 Å². The molecule has 1 aliphatic heterocycles. The average Bonchev–Trinajstić information content (AvgIpc) is 3.30. The minimum atomic E-state index is -4.14. The summed E-state index contributed by atoms with van der Waals surface area (Å²) in [5.74, 6) is -6.26. The van der Waals surface area contributed by atoms with E-state index in [1.54, 1.807) is 24.3 Å². The van der Waals surface area contributed by atoms with Gasteiger partial charge in [0, 0.05) is 23.8 Å². The van der Waals surface area contributed by atoms with Gasteiger partial charge in [-0.1, -0.05) is 23.7 Å². The van der Waals surface area contributed by atoms with Gasteiger partial charge in [0.1, 0.15) is 5.82 Å². The van der Waals surface area contributed by atoms with Crippen LogP contribution in [0.25, 0.3) is 11.5 Å². The molecule has 2 atom stereocenters. The molecule has 0 bridgehead atoms. The lowest BCUT2D eigenvalue weighted by Crippen LogP contribution is -2.45. The maximum atomic E-state index is 15.2. The molecule has 2 aromatic carbocycles. The maximum Gasteiger partial charge on any atom is 0.250 e. The number of hydrogen-bond donors (Lipinski definition) is 1. The third-order valence-corrected chi connectivity index (χ3v) is 8.62. The van der Waals surface area contributed by atoms with E-state index in [0.717, 1.165) is 17.0 Å². The Labute approximate surface area is 215 Å². The van der Waals surface area contributed by atoms with Gasteiger partial charge in [-0.05, 0) is 42.7 Å². The lowest BCUT2D eigenvalue weighted by molar-refractivity contribution is -0.119. The van der Waals surface area contributed by atoms with Gasteiger partial charge in [-0.15, -0.1) is 10.2 Å². The van der Waals surface area contributed by atoms with Crippen LogP contribution in [-0.4, -0.2) is 42.2 Å². The van der Waals surface area contributed by atoms with Crippen molar-refractivity contribution in [3.63, 3.8) is 0 Å². The Morgan fingerprint density at radius 1 is 1.19 bits per heavy atom. The smallest absolute Gasteiger partial charge is 0.250 e. The van der Waals surface area contributed by atoms with Crippen LogP contribution in [0.15, 0.2) is 45.7 Å². The first-order chi connectivity index (χ1) is 17.4. The van der Waals surface area contributed by atoms with Gasteiger partial charge in [-0.3, -0.25) is 4.79 Å². The van der Waals surface area contributed by atoms with Crippen LogP contribution < -0.4 is 10.6 Å². The summed E-state index contributed by atoms with van der Waals surface area (Å²) >= 11 is 5.94. The van der Waals surface area contributed by atoms with Gasteiger partial charge in [0.25, 0.3) is 5.89 Å². The average molecular weight is 555 g/mol. The normalized spacial score (nSPS) is 22.9. The molecule has 0 radical (unpaired) electrons. The molecule has 1 fully saturated rings. The third-order valence-electron chi connectivity index (χ3n) is 6.57. The second-order valence-corrected chi connectivity index (χ2v) is 11.8. The fourth-order valence-corrected chi connectivity index (χ4v) is 6.40. The number of anilines is 1. The van der Waals surface area contributed by atoms with Gasteiger partial charge >= 0.3 is 0 Å².